The van der Waals surface area contributed by atoms with Gasteiger partial charge in [0.05, 0.1) is 23.1 Å². The van der Waals surface area contributed by atoms with Gasteiger partial charge in [-0.05, 0) is 44.0 Å². The van der Waals surface area contributed by atoms with E-state index >= 15 is 0 Å². The topological polar surface area (TPSA) is 90.9 Å². The highest BCUT2D eigenvalue weighted by Gasteiger charge is 2.20. The fraction of sp³-hybridized carbons (Fsp3) is 0.185. The number of carbonyl (C=O) groups excluding carboxylic acids is 1. The predicted octanol–water partition coefficient (Wildman–Crippen LogP) is 4.18. The van der Waals surface area contributed by atoms with E-state index in [2.05, 4.69) is 16.4 Å². The molecule has 3 aromatic heterocycles. The molecule has 0 bridgehead atoms. The van der Waals surface area contributed by atoms with Gasteiger partial charge in [-0.25, -0.2) is 9.67 Å². The van der Waals surface area contributed by atoms with Crippen LogP contribution in [-0.4, -0.2) is 24.8 Å². The van der Waals surface area contributed by atoms with Gasteiger partial charge < -0.3 is 5.32 Å². The minimum Gasteiger partial charge on any atom is -0.318 e. The van der Waals surface area contributed by atoms with Gasteiger partial charge in [-0.15, -0.1) is 11.3 Å². The number of aryl methyl sites for hydroxylation is 2. The number of hydrogen-bond acceptors (Lipinski definition) is 5. The van der Waals surface area contributed by atoms with E-state index in [1.807, 2.05) is 61.7 Å². The summed E-state index contributed by atoms with van der Waals surface area (Å²) in [4.78, 5) is 44.5. The lowest BCUT2D eigenvalue weighted by molar-refractivity contribution is -0.116. The minimum atomic E-state index is -0.479. The lowest BCUT2D eigenvalue weighted by atomic mass is 9.99. The number of benzene rings is 2. The van der Waals surface area contributed by atoms with Crippen molar-refractivity contribution in [1.82, 2.24) is 18.9 Å². The molecule has 0 fully saturated rings. The van der Waals surface area contributed by atoms with E-state index in [0.29, 0.717) is 21.6 Å². The van der Waals surface area contributed by atoms with Crippen molar-refractivity contribution in [2.45, 2.75) is 27.3 Å². The van der Waals surface area contributed by atoms with Crippen LogP contribution in [0, 0.1) is 20.8 Å². The molecule has 0 saturated carbocycles. The van der Waals surface area contributed by atoms with E-state index in [-0.39, 0.29) is 23.4 Å². The molecule has 0 aliphatic carbocycles. The van der Waals surface area contributed by atoms with Crippen LogP contribution in [0.1, 0.15) is 16.8 Å². The van der Waals surface area contributed by atoms with Crippen LogP contribution in [0.4, 0.5) is 5.69 Å². The van der Waals surface area contributed by atoms with Crippen LogP contribution in [0.15, 0.2) is 69.8 Å². The van der Waals surface area contributed by atoms with Crippen LogP contribution in [0.25, 0.3) is 27.0 Å². The van der Waals surface area contributed by atoms with Crippen molar-refractivity contribution in [1.29, 1.82) is 0 Å². The molecule has 3 heterocycles. The van der Waals surface area contributed by atoms with Crippen molar-refractivity contribution in [3.05, 3.63) is 97.8 Å². The summed E-state index contributed by atoms with van der Waals surface area (Å²) in [5.74, 6) is -0.479. The first-order valence-electron chi connectivity index (χ1n) is 11.4. The van der Waals surface area contributed by atoms with Crippen molar-refractivity contribution in [3.63, 3.8) is 0 Å². The van der Waals surface area contributed by atoms with E-state index in [1.165, 1.54) is 26.9 Å². The van der Waals surface area contributed by atoms with Gasteiger partial charge in [0.2, 0.25) is 5.91 Å². The van der Waals surface area contributed by atoms with Crippen molar-refractivity contribution in [2.75, 3.05) is 5.32 Å². The summed E-state index contributed by atoms with van der Waals surface area (Å²) in [6.07, 6.45) is 1.38. The molecule has 36 heavy (non-hydrogen) atoms. The van der Waals surface area contributed by atoms with Gasteiger partial charge in [0.1, 0.15) is 17.1 Å². The van der Waals surface area contributed by atoms with Crippen LogP contribution in [0.2, 0.25) is 0 Å². The van der Waals surface area contributed by atoms with Crippen molar-refractivity contribution >= 4 is 33.1 Å². The summed E-state index contributed by atoms with van der Waals surface area (Å²) in [5.41, 5.74) is 4.83. The molecule has 182 valence electrons. The Balaban J connectivity index is 1.47. The summed E-state index contributed by atoms with van der Waals surface area (Å²) in [7, 11) is 1.76. The highest BCUT2D eigenvalue weighted by atomic mass is 32.1. The van der Waals surface area contributed by atoms with Crippen molar-refractivity contribution < 1.29 is 4.79 Å². The molecule has 0 atom stereocenters. The lowest BCUT2D eigenvalue weighted by Gasteiger charge is -2.08. The largest absolute Gasteiger partial charge is 0.318 e. The van der Waals surface area contributed by atoms with Crippen LogP contribution in [0.3, 0.4) is 0 Å². The minimum absolute atomic E-state index is 0.181. The maximum absolute atomic E-state index is 13.4. The van der Waals surface area contributed by atoms with Crippen LogP contribution in [-0.2, 0) is 18.4 Å². The number of nitrogens with zero attached hydrogens (tertiary/aromatic N) is 4. The Morgan fingerprint density at radius 3 is 2.47 bits per heavy atom. The average molecular weight is 500 g/mol. The zero-order chi connectivity index (χ0) is 25.6. The Hall–Kier alpha value is -4.24. The maximum atomic E-state index is 13.4. The highest BCUT2D eigenvalue weighted by molar-refractivity contribution is 7.17. The molecule has 0 aliphatic rings. The molecular weight excluding hydrogens is 474 g/mol. The molecule has 0 unspecified atom stereocenters. The summed E-state index contributed by atoms with van der Waals surface area (Å²) in [6, 6.07) is 15.3. The predicted molar refractivity (Wildman–Crippen MR) is 143 cm³/mol. The Morgan fingerprint density at radius 2 is 1.75 bits per heavy atom. The number of hydrogen-bond donors (Lipinski definition) is 1. The Bertz CT molecular complexity index is 1740. The van der Waals surface area contributed by atoms with Gasteiger partial charge >= 0.3 is 0 Å². The second kappa shape index (κ2) is 9.09. The van der Waals surface area contributed by atoms with Crippen LogP contribution >= 0.6 is 11.3 Å². The number of carbonyl (C=O) groups is 1. The summed E-state index contributed by atoms with van der Waals surface area (Å²) < 4.78 is 4.46. The van der Waals surface area contributed by atoms with Crippen LogP contribution in [0.5, 0.6) is 0 Å². The number of nitrogens with one attached hydrogen (secondary N) is 1. The van der Waals surface area contributed by atoms with Gasteiger partial charge in [0.15, 0.2) is 0 Å². The molecule has 8 nitrogen and oxygen atoms in total. The SMILES string of the molecule is Cc1ccc(-c2csc3ncn(CC(=O)Nc4c(C)n(C)n(-c5ccccc5)c4=O)c(=O)c23)c(C)c1. The molecule has 5 rings (SSSR count). The highest BCUT2D eigenvalue weighted by Crippen LogP contribution is 2.33. The van der Waals surface area contributed by atoms with Gasteiger partial charge in [-0.1, -0.05) is 42.0 Å². The smallest absolute Gasteiger partial charge is 0.295 e. The standard InChI is InChI=1S/C27H25N5O3S/c1-16-10-11-20(17(2)12-16)21-14-36-25-23(21)26(34)31(15-28-25)13-22(33)29-24-18(3)30(4)32(27(24)35)19-8-6-5-7-9-19/h5-12,14-15H,13H2,1-4H3,(H,29,33). The third kappa shape index (κ3) is 3.97. The first-order valence-corrected chi connectivity index (χ1v) is 12.3. The maximum Gasteiger partial charge on any atom is 0.295 e. The number of para-hydroxylation sites is 1. The molecule has 0 radical (unpaired) electrons. The van der Waals surface area contributed by atoms with Gasteiger partial charge in [0.25, 0.3) is 11.1 Å². The molecule has 2 aromatic carbocycles. The molecular formula is C27H25N5O3S. The van der Waals surface area contributed by atoms with Gasteiger partial charge in [-0.3, -0.25) is 23.6 Å². The molecule has 5 aromatic rings. The third-order valence-electron chi connectivity index (χ3n) is 6.37. The summed E-state index contributed by atoms with van der Waals surface area (Å²) >= 11 is 1.40. The monoisotopic (exact) mass is 499 g/mol. The molecule has 1 N–H and O–H groups in total. The molecule has 0 spiro atoms. The first-order chi connectivity index (χ1) is 17.3. The summed E-state index contributed by atoms with van der Waals surface area (Å²) in [5, 5.41) is 5.13. The molecule has 0 saturated heterocycles. The number of rotatable bonds is 5. The van der Waals surface area contributed by atoms with Gasteiger partial charge in [-0.2, -0.15) is 0 Å². The molecule has 0 aliphatic heterocycles. The quantitative estimate of drug-likeness (QED) is 0.393. The summed E-state index contributed by atoms with van der Waals surface area (Å²) in [6.45, 7) is 5.54. The number of fused-ring (bicyclic) bond motifs is 1. The Kier molecular flexibility index (Phi) is 5.93. The zero-order valence-corrected chi connectivity index (χ0v) is 21.2. The van der Waals surface area contributed by atoms with Crippen LogP contribution < -0.4 is 16.4 Å². The zero-order valence-electron chi connectivity index (χ0n) is 20.4. The lowest BCUT2D eigenvalue weighted by Crippen LogP contribution is -2.29. The number of aromatic nitrogens is 4. The Morgan fingerprint density at radius 1 is 1.00 bits per heavy atom. The van der Waals surface area contributed by atoms with Gasteiger partial charge in [0, 0.05) is 18.0 Å². The second-order valence-electron chi connectivity index (χ2n) is 8.81. The number of anilines is 1. The van der Waals surface area contributed by atoms with E-state index in [9.17, 15) is 14.4 Å². The number of amides is 1. The Labute approximate surface area is 211 Å². The van der Waals surface area contributed by atoms with Crippen molar-refractivity contribution in [3.8, 4) is 16.8 Å². The normalized spacial score (nSPS) is 11.2. The number of thiophene rings is 1. The fourth-order valence-corrected chi connectivity index (χ4v) is 5.34. The first kappa shape index (κ1) is 23.5. The average Bonchev–Trinajstić information content (AvgIpc) is 3.37. The van der Waals surface area contributed by atoms with E-state index in [4.69, 9.17) is 0 Å². The fourth-order valence-electron chi connectivity index (χ4n) is 4.44. The van der Waals surface area contributed by atoms with E-state index in [1.54, 1.807) is 18.7 Å². The van der Waals surface area contributed by atoms with E-state index < -0.39 is 5.91 Å². The van der Waals surface area contributed by atoms with E-state index in [0.717, 1.165) is 22.3 Å². The molecule has 9 heteroatoms. The molecule has 1 amide bonds. The third-order valence-corrected chi connectivity index (χ3v) is 7.25. The van der Waals surface area contributed by atoms with Crippen molar-refractivity contribution in [2.24, 2.45) is 7.05 Å². The second-order valence-corrected chi connectivity index (χ2v) is 9.67.